The van der Waals surface area contributed by atoms with Gasteiger partial charge in [0.05, 0.1) is 6.61 Å². The molecule has 5 atom stereocenters. The van der Waals surface area contributed by atoms with Gasteiger partial charge in [-0.3, -0.25) is 0 Å². The summed E-state index contributed by atoms with van der Waals surface area (Å²) in [4.78, 5) is 20.6. The van der Waals surface area contributed by atoms with Crippen molar-refractivity contribution >= 4 is 11.9 Å². The van der Waals surface area contributed by atoms with Crippen molar-refractivity contribution in [3.8, 4) is 0 Å². The number of aliphatic carboxylic acids is 2. The smallest absolute Gasteiger partial charge is 0.329 e. The number of hydrogen-bond acceptors (Lipinski definition) is 8. The van der Waals surface area contributed by atoms with E-state index in [0.717, 1.165) is 0 Å². The molecule has 1 aliphatic heterocycles. The van der Waals surface area contributed by atoms with Crippen LogP contribution in [0.1, 0.15) is 0 Å². The summed E-state index contributed by atoms with van der Waals surface area (Å²) in [6.45, 7) is -1.78. The van der Waals surface area contributed by atoms with Crippen molar-refractivity contribution in [2.45, 2.75) is 30.7 Å². The van der Waals surface area contributed by atoms with E-state index in [-0.39, 0.29) is 6.61 Å². The third-order valence-corrected chi connectivity index (χ3v) is 2.57. The van der Waals surface area contributed by atoms with E-state index in [1.165, 1.54) is 0 Å². The van der Waals surface area contributed by atoms with Crippen LogP contribution in [-0.4, -0.2) is 88.0 Å². The van der Waals surface area contributed by atoms with Crippen molar-refractivity contribution < 1.29 is 49.3 Å². The van der Waals surface area contributed by atoms with Crippen LogP contribution in [0.3, 0.4) is 0 Å². The number of hydrogen-bond donors (Lipinski definition) is 5. The third-order valence-electron chi connectivity index (χ3n) is 2.57. The molecular weight excluding hydrogens is 280 g/mol. The first-order chi connectivity index (χ1) is 9.32. The van der Waals surface area contributed by atoms with Crippen LogP contribution in [0.15, 0.2) is 0 Å². The van der Waals surface area contributed by atoms with Crippen LogP contribution in [-0.2, 0) is 23.8 Å². The Kier molecular flexibility index (Phi) is 6.26. The molecule has 0 aromatic heterocycles. The molecule has 10 nitrogen and oxygen atoms in total. The van der Waals surface area contributed by atoms with Crippen LogP contribution in [0, 0.1) is 0 Å². The van der Waals surface area contributed by atoms with Crippen molar-refractivity contribution in [2.24, 2.45) is 0 Å². The zero-order valence-electron chi connectivity index (χ0n) is 10.3. The van der Waals surface area contributed by atoms with E-state index in [4.69, 9.17) is 24.4 Å². The lowest BCUT2D eigenvalue weighted by Gasteiger charge is -2.39. The molecule has 10 heteroatoms. The molecule has 0 aromatic carbocycles. The first-order valence-corrected chi connectivity index (χ1v) is 5.65. The molecule has 116 valence electrons. The molecule has 0 aliphatic carbocycles. The molecule has 0 amide bonds. The lowest BCUT2D eigenvalue weighted by molar-refractivity contribution is -0.297. The van der Waals surface area contributed by atoms with Gasteiger partial charge in [0.1, 0.15) is 37.6 Å². The summed E-state index contributed by atoms with van der Waals surface area (Å²) in [5.41, 5.74) is 0. The number of rotatable bonds is 7. The van der Waals surface area contributed by atoms with Gasteiger partial charge in [0.2, 0.25) is 0 Å². The molecule has 1 heterocycles. The van der Waals surface area contributed by atoms with Crippen LogP contribution in [0.5, 0.6) is 0 Å². The van der Waals surface area contributed by atoms with E-state index in [2.05, 4.69) is 0 Å². The summed E-state index contributed by atoms with van der Waals surface area (Å²) in [6.07, 6.45) is -7.39. The molecule has 0 radical (unpaired) electrons. The molecule has 1 aliphatic rings. The van der Waals surface area contributed by atoms with Crippen LogP contribution < -0.4 is 0 Å². The fourth-order valence-corrected chi connectivity index (χ4v) is 1.67. The highest BCUT2D eigenvalue weighted by molar-refractivity contribution is 5.68. The molecular formula is C10H16O10. The number of carboxylic acids is 2. The Labute approximate surface area is 113 Å². The van der Waals surface area contributed by atoms with E-state index in [1.807, 2.05) is 0 Å². The predicted molar refractivity (Wildman–Crippen MR) is 58.7 cm³/mol. The van der Waals surface area contributed by atoms with Gasteiger partial charge in [-0.05, 0) is 0 Å². The Balaban J connectivity index is 2.52. The second-order valence-electron chi connectivity index (χ2n) is 4.12. The lowest BCUT2D eigenvalue weighted by Crippen LogP contribution is -2.59. The van der Waals surface area contributed by atoms with Crippen molar-refractivity contribution in [3.63, 3.8) is 0 Å². The first-order valence-electron chi connectivity index (χ1n) is 5.65. The molecule has 20 heavy (non-hydrogen) atoms. The quantitative estimate of drug-likeness (QED) is 0.327. The Morgan fingerprint density at radius 3 is 2.15 bits per heavy atom. The van der Waals surface area contributed by atoms with E-state index < -0.39 is 55.9 Å². The highest BCUT2D eigenvalue weighted by Gasteiger charge is 2.44. The molecule has 1 fully saturated rings. The largest absolute Gasteiger partial charge is 0.480 e. The predicted octanol–water partition coefficient (Wildman–Crippen LogP) is -3.00. The maximum Gasteiger partial charge on any atom is 0.329 e. The Bertz CT molecular complexity index is 343. The van der Waals surface area contributed by atoms with Crippen LogP contribution >= 0.6 is 0 Å². The second-order valence-corrected chi connectivity index (χ2v) is 4.12. The molecule has 0 saturated carbocycles. The Morgan fingerprint density at radius 1 is 1.00 bits per heavy atom. The maximum absolute atomic E-state index is 10.3. The summed E-state index contributed by atoms with van der Waals surface area (Å²) >= 11 is 0. The van der Waals surface area contributed by atoms with Crippen LogP contribution in [0.4, 0.5) is 0 Å². The summed E-state index contributed by atoms with van der Waals surface area (Å²) in [6, 6.07) is 0. The van der Waals surface area contributed by atoms with Gasteiger partial charge in [-0.15, -0.1) is 0 Å². The average Bonchev–Trinajstić information content (AvgIpc) is 2.34. The molecule has 0 spiro atoms. The molecule has 5 N–H and O–H groups in total. The Hall–Kier alpha value is -1.30. The minimum absolute atomic E-state index is 0.368. The number of ether oxygens (including phenoxy) is 3. The van der Waals surface area contributed by atoms with Gasteiger partial charge >= 0.3 is 11.9 Å². The van der Waals surface area contributed by atoms with Crippen molar-refractivity contribution in [3.05, 3.63) is 0 Å². The topological polar surface area (TPSA) is 163 Å². The Morgan fingerprint density at radius 2 is 1.60 bits per heavy atom. The minimum Gasteiger partial charge on any atom is -0.480 e. The summed E-state index contributed by atoms with van der Waals surface area (Å²) in [5.74, 6) is -2.54. The third kappa shape index (κ3) is 4.67. The van der Waals surface area contributed by atoms with Gasteiger partial charge in [-0.25, -0.2) is 9.59 Å². The number of carbonyl (C=O) groups is 2. The monoisotopic (exact) mass is 296 g/mol. The zero-order valence-corrected chi connectivity index (χ0v) is 10.3. The molecule has 0 bridgehead atoms. The summed E-state index contributed by atoms with van der Waals surface area (Å²) < 4.78 is 14.3. The van der Waals surface area contributed by atoms with Crippen molar-refractivity contribution in [1.29, 1.82) is 0 Å². The maximum atomic E-state index is 10.3. The van der Waals surface area contributed by atoms with Gasteiger partial charge in [-0.1, -0.05) is 0 Å². The van der Waals surface area contributed by atoms with E-state index in [9.17, 15) is 24.9 Å². The second kappa shape index (κ2) is 7.47. The van der Waals surface area contributed by atoms with E-state index in [0.29, 0.717) is 0 Å². The fraction of sp³-hybridized carbons (Fsp3) is 0.800. The highest BCUT2D eigenvalue weighted by Crippen LogP contribution is 2.22. The summed E-state index contributed by atoms with van der Waals surface area (Å²) in [7, 11) is 0. The van der Waals surface area contributed by atoms with Gasteiger partial charge < -0.3 is 39.7 Å². The molecule has 0 aromatic rings. The molecule has 1 saturated heterocycles. The minimum atomic E-state index is -1.67. The SMILES string of the molecule is O=C(O)COCC1O[C@@H](O)C(OCC(=O)O)[C@H](O)[C@@H]1O. The average molecular weight is 296 g/mol. The van der Waals surface area contributed by atoms with E-state index in [1.54, 1.807) is 0 Å². The standard InChI is InChI=1S/C10H16O10/c11-5(12)2-18-1-4-7(15)8(16)9(10(17)20-4)19-3-6(13)14/h4,7-10,15-17H,1-3H2,(H,11,12)(H,13,14)/t4?,7-,8-,9?,10-/m1/s1. The van der Waals surface area contributed by atoms with Gasteiger partial charge in [0, 0.05) is 0 Å². The highest BCUT2D eigenvalue weighted by atomic mass is 16.7. The lowest BCUT2D eigenvalue weighted by atomic mass is 9.99. The number of carboxylic acid groups (broad SMARTS) is 2. The van der Waals surface area contributed by atoms with Crippen LogP contribution in [0.25, 0.3) is 0 Å². The number of aliphatic hydroxyl groups is 3. The van der Waals surface area contributed by atoms with Crippen LogP contribution in [0.2, 0.25) is 0 Å². The van der Waals surface area contributed by atoms with Crippen molar-refractivity contribution in [2.75, 3.05) is 19.8 Å². The van der Waals surface area contributed by atoms with Gasteiger partial charge in [0.25, 0.3) is 0 Å². The normalized spacial score (nSPS) is 33.9. The van der Waals surface area contributed by atoms with Gasteiger partial charge in [0.15, 0.2) is 6.29 Å². The zero-order chi connectivity index (χ0) is 15.3. The molecule has 2 unspecified atom stereocenters. The summed E-state index contributed by atoms with van der Waals surface area (Å²) in [5, 5.41) is 45.8. The molecule has 1 rings (SSSR count). The first kappa shape index (κ1) is 16.8. The van der Waals surface area contributed by atoms with E-state index >= 15 is 0 Å². The fourth-order valence-electron chi connectivity index (χ4n) is 1.67. The number of aliphatic hydroxyl groups excluding tert-OH is 3. The van der Waals surface area contributed by atoms with Gasteiger partial charge in [-0.2, -0.15) is 0 Å². The van der Waals surface area contributed by atoms with Crippen molar-refractivity contribution in [1.82, 2.24) is 0 Å².